The van der Waals surface area contributed by atoms with E-state index in [0.717, 1.165) is 30.2 Å². The smallest absolute Gasteiger partial charge is 0.226 e. The van der Waals surface area contributed by atoms with Crippen LogP contribution in [0.2, 0.25) is 0 Å². The van der Waals surface area contributed by atoms with Crippen LogP contribution in [0.4, 0.5) is 0 Å². The van der Waals surface area contributed by atoms with Crippen molar-refractivity contribution in [3.8, 4) is 11.5 Å². The zero-order valence-corrected chi connectivity index (χ0v) is 14.0. The maximum Gasteiger partial charge on any atom is 0.226 e. The fraction of sp³-hybridized carbons (Fsp3) is 0.333. The normalized spacial score (nSPS) is 11.9. The molecule has 1 aromatic carbocycles. The molecule has 0 bridgehead atoms. The van der Waals surface area contributed by atoms with E-state index in [1.165, 1.54) is 5.56 Å². The Labute approximate surface area is 137 Å². The van der Waals surface area contributed by atoms with Crippen molar-refractivity contribution >= 4 is 5.96 Å². The summed E-state index contributed by atoms with van der Waals surface area (Å²) in [5, 5.41) is 6.48. The van der Waals surface area contributed by atoms with Crippen LogP contribution < -0.4 is 10.6 Å². The zero-order chi connectivity index (χ0) is 16.5. The molecule has 0 saturated heterocycles. The molecule has 0 fully saturated rings. The van der Waals surface area contributed by atoms with Gasteiger partial charge in [-0.05, 0) is 32.4 Å². The maximum absolute atomic E-state index is 5.55. The fourth-order valence-corrected chi connectivity index (χ4v) is 2.05. The molecule has 5 nitrogen and oxygen atoms in total. The molecule has 1 aromatic heterocycles. The summed E-state index contributed by atoms with van der Waals surface area (Å²) < 4.78 is 5.55. The van der Waals surface area contributed by atoms with Crippen LogP contribution in [0, 0.1) is 6.92 Å². The molecule has 0 amide bonds. The largest absolute Gasteiger partial charge is 0.444 e. The number of aromatic nitrogens is 1. The van der Waals surface area contributed by atoms with Gasteiger partial charge in [0.1, 0.15) is 6.26 Å². The quantitative estimate of drug-likeness (QED) is 0.372. The molecule has 2 rings (SSSR count). The summed E-state index contributed by atoms with van der Waals surface area (Å²) in [5.74, 6) is 1.40. The van der Waals surface area contributed by atoms with Gasteiger partial charge in [0.15, 0.2) is 5.96 Å². The summed E-state index contributed by atoms with van der Waals surface area (Å²) in [6.07, 6.45) is 6.81. The molecule has 2 aromatic rings. The van der Waals surface area contributed by atoms with Gasteiger partial charge in [0.25, 0.3) is 0 Å². The molecular formula is C18H24N4O. The first-order chi connectivity index (χ1) is 11.2. The molecule has 1 heterocycles. The van der Waals surface area contributed by atoms with Gasteiger partial charge >= 0.3 is 0 Å². The zero-order valence-electron chi connectivity index (χ0n) is 14.0. The van der Waals surface area contributed by atoms with Crippen molar-refractivity contribution in [1.82, 2.24) is 15.6 Å². The number of allylic oxidation sites excluding steroid dienone is 1. The van der Waals surface area contributed by atoms with Crippen LogP contribution in [0.25, 0.3) is 11.5 Å². The van der Waals surface area contributed by atoms with Crippen molar-refractivity contribution in [3.05, 3.63) is 53.9 Å². The molecule has 0 aliphatic carbocycles. The van der Waals surface area contributed by atoms with E-state index in [1.807, 2.05) is 37.3 Å². The average molecular weight is 312 g/mol. The summed E-state index contributed by atoms with van der Waals surface area (Å²) in [6.45, 7) is 5.49. The fourth-order valence-electron chi connectivity index (χ4n) is 2.05. The third kappa shape index (κ3) is 5.29. The number of oxazole rings is 1. The molecule has 0 radical (unpaired) electrons. The van der Waals surface area contributed by atoms with Crippen molar-refractivity contribution in [3.63, 3.8) is 0 Å². The Kier molecular flexibility index (Phi) is 6.41. The standard InChI is InChI=1S/C18H24N4O/c1-4-5-6-11-20-18(19-3)21-12-16-13-23-17(22-16)15-9-7-14(2)8-10-15/h4-5,7-10,13H,6,11-12H2,1-3H3,(H2,19,20,21)/b5-4+. The Morgan fingerprint density at radius 1 is 1.26 bits per heavy atom. The van der Waals surface area contributed by atoms with Crippen LogP contribution in [0.1, 0.15) is 24.6 Å². The summed E-state index contributed by atoms with van der Waals surface area (Å²) in [5.41, 5.74) is 3.04. The van der Waals surface area contributed by atoms with Crippen LogP contribution >= 0.6 is 0 Å². The van der Waals surface area contributed by atoms with Crippen molar-refractivity contribution in [2.75, 3.05) is 13.6 Å². The Balaban J connectivity index is 1.87. The molecule has 0 aliphatic heterocycles. The molecule has 0 saturated carbocycles. The third-order valence-corrected chi connectivity index (χ3v) is 3.35. The van der Waals surface area contributed by atoms with Gasteiger partial charge in [-0.15, -0.1) is 0 Å². The Hall–Kier alpha value is -2.56. The lowest BCUT2D eigenvalue weighted by atomic mass is 10.1. The predicted molar refractivity (Wildman–Crippen MR) is 94.3 cm³/mol. The van der Waals surface area contributed by atoms with Crippen LogP contribution in [0.15, 0.2) is 52.1 Å². The van der Waals surface area contributed by atoms with E-state index >= 15 is 0 Å². The Morgan fingerprint density at radius 2 is 2.04 bits per heavy atom. The van der Waals surface area contributed by atoms with Crippen LogP contribution in [-0.4, -0.2) is 24.5 Å². The van der Waals surface area contributed by atoms with E-state index in [2.05, 4.69) is 33.6 Å². The Morgan fingerprint density at radius 3 is 2.74 bits per heavy atom. The summed E-state index contributed by atoms with van der Waals surface area (Å²) >= 11 is 0. The minimum Gasteiger partial charge on any atom is -0.444 e. The number of hydrogen-bond donors (Lipinski definition) is 2. The highest BCUT2D eigenvalue weighted by molar-refractivity contribution is 5.79. The van der Waals surface area contributed by atoms with E-state index in [4.69, 9.17) is 4.42 Å². The molecular weight excluding hydrogens is 288 g/mol. The number of aliphatic imine (C=N–C) groups is 1. The molecule has 0 unspecified atom stereocenters. The van der Waals surface area contributed by atoms with E-state index in [9.17, 15) is 0 Å². The maximum atomic E-state index is 5.55. The molecule has 23 heavy (non-hydrogen) atoms. The lowest BCUT2D eigenvalue weighted by Gasteiger charge is -2.09. The number of benzene rings is 1. The molecule has 122 valence electrons. The predicted octanol–water partition coefficient (Wildman–Crippen LogP) is 3.28. The summed E-state index contributed by atoms with van der Waals surface area (Å²) in [7, 11) is 1.76. The van der Waals surface area contributed by atoms with Gasteiger partial charge in [-0.1, -0.05) is 29.8 Å². The SMILES string of the molecule is C/C=C/CCNC(=NC)NCc1coc(-c2ccc(C)cc2)n1. The van der Waals surface area contributed by atoms with Crippen LogP contribution in [-0.2, 0) is 6.54 Å². The van der Waals surface area contributed by atoms with Gasteiger partial charge in [-0.3, -0.25) is 4.99 Å². The van der Waals surface area contributed by atoms with E-state index in [0.29, 0.717) is 12.4 Å². The van der Waals surface area contributed by atoms with Gasteiger partial charge in [-0.25, -0.2) is 4.98 Å². The highest BCUT2D eigenvalue weighted by Gasteiger charge is 2.07. The van der Waals surface area contributed by atoms with Gasteiger partial charge in [-0.2, -0.15) is 0 Å². The number of nitrogens with one attached hydrogen (secondary N) is 2. The van der Waals surface area contributed by atoms with E-state index < -0.39 is 0 Å². The lowest BCUT2D eigenvalue weighted by molar-refractivity contribution is 0.572. The van der Waals surface area contributed by atoms with Crippen LogP contribution in [0.5, 0.6) is 0 Å². The van der Waals surface area contributed by atoms with Gasteiger partial charge in [0, 0.05) is 19.2 Å². The number of rotatable bonds is 6. The molecule has 0 aliphatic rings. The average Bonchev–Trinajstić information content (AvgIpc) is 3.04. The minimum atomic E-state index is 0.568. The lowest BCUT2D eigenvalue weighted by Crippen LogP contribution is -2.37. The first-order valence-electron chi connectivity index (χ1n) is 7.80. The van der Waals surface area contributed by atoms with Crippen LogP contribution in [0.3, 0.4) is 0 Å². The number of hydrogen-bond acceptors (Lipinski definition) is 3. The highest BCUT2D eigenvalue weighted by Crippen LogP contribution is 2.18. The second-order valence-electron chi connectivity index (χ2n) is 5.22. The van der Waals surface area contributed by atoms with Gasteiger partial charge in [0.05, 0.1) is 12.2 Å². The molecule has 5 heteroatoms. The first kappa shape index (κ1) is 16.8. The van der Waals surface area contributed by atoms with Gasteiger partial charge < -0.3 is 15.1 Å². The molecule has 0 atom stereocenters. The number of guanidine groups is 1. The number of aryl methyl sites for hydroxylation is 1. The molecule has 0 spiro atoms. The van der Waals surface area contributed by atoms with Crippen molar-refractivity contribution in [2.24, 2.45) is 4.99 Å². The second-order valence-corrected chi connectivity index (χ2v) is 5.22. The van der Waals surface area contributed by atoms with E-state index in [-0.39, 0.29) is 0 Å². The van der Waals surface area contributed by atoms with Gasteiger partial charge in [0.2, 0.25) is 5.89 Å². The summed E-state index contributed by atoms with van der Waals surface area (Å²) in [6, 6.07) is 8.13. The first-order valence-corrected chi connectivity index (χ1v) is 7.80. The third-order valence-electron chi connectivity index (χ3n) is 3.35. The molecule has 2 N–H and O–H groups in total. The van der Waals surface area contributed by atoms with E-state index in [1.54, 1.807) is 13.3 Å². The Bertz CT molecular complexity index is 656. The second kappa shape index (κ2) is 8.78. The monoisotopic (exact) mass is 312 g/mol. The van der Waals surface area contributed by atoms with Crippen molar-refractivity contribution in [1.29, 1.82) is 0 Å². The van der Waals surface area contributed by atoms with Crippen molar-refractivity contribution in [2.45, 2.75) is 26.8 Å². The van der Waals surface area contributed by atoms with Crippen molar-refractivity contribution < 1.29 is 4.42 Å². The highest BCUT2D eigenvalue weighted by atomic mass is 16.3. The number of nitrogens with zero attached hydrogens (tertiary/aromatic N) is 2. The minimum absolute atomic E-state index is 0.568. The topological polar surface area (TPSA) is 62.5 Å². The summed E-state index contributed by atoms with van der Waals surface area (Å²) in [4.78, 5) is 8.69.